The molecular formula is C11H20N4O3. The lowest BCUT2D eigenvalue weighted by Crippen LogP contribution is -2.64. The number of carbonyl (C=O) groups excluding carboxylic acids is 1. The lowest BCUT2D eigenvalue weighted by Gasteiger charge is -2.39. The van der Waals surface area contributed by atoms with E-state index in [-0.39, 0.29) is 0 Å². The van der Waals surface area contributed by atoms with Crippen molar-refractivity contribution < 1.29 is 14.7 Å². The van der Waals surface area contributed by atoms with Crippen molar-refractivity contribution in [3.8, 4) is 0 Å². The molecule has 18 heavy (non-hydrogen) atoms. The number of nitrogens with one attached hydrogen (secondary N) is 2. The first kappa shape index (κ1) is 13.1. The maximum atomic E-state index is 11.8. The summed E-state index contributed by atoms with van der Waals surface area (Å²) in [5, 5.41) is 13.5. The summed E-state index contributed by atoms with van der Waals surface area (Å²) < 4.78 is 0. The zero-order valence-corrected chi connectivity index (χ0v) is 10.6. The number of nitrogens with zero attached hydrogens (tertiary/aromatic N) is 2. The highest BCUT2D eigenvalue weighted by Crippen LogP contribution is 2.31. The number of carboxylic acid groups (broad SMARTS) is 1. The normalized spacial score (nSPS) is 24.1. The second-order valence-electron chi connectivity index (χ2n) is 5.10. The van der Waals surface area contributed by atoms with Gasteiger partial charge in [-0.3, -0.25) is 5.43 Å². The van der Waals surface area contributed by atoms with Crippen molar-refractivity contribution in [1.29, 1.82) is 0 Å². The van der Waals surface area contributed by atoms with Crippen LogP contribution in [0.2, 0.25) is 0 Å². The van der Waals surface area contributed by atoms with Crippen molar-refractivity contribution >= 4 is 12.0 Å². The summed E-state index contributed by atoms with van der Waals surface area (Å²) in [5.41, 5.74) is 1.67. The first-order valence-corrected chi connectivity index (χ1v) is 6.27. The Bertz CT molecular complexity index is 335. The molecule has 0 aromatic rings. The number of amides is 2. The molecule has 1 aliphatic carbocycles. The van der Waals surface area contributed by atoms with Crippen LogP contribution in [-0.2, 0) is 4.79 Å². The van der Waals surface area contributed by atoms with Crippen molar-refractivity contribution in [2.45, 2.75) is 24.8 Å². The van der Waals surface area contributed by atoms with E-state index in [4.69, 9.17) is 5.11 Å². The van der Waals surface area contributed by atoms with Gasteiger partial charge in [0.2, 0.25) is 0 Å². The smallest absolute Gasteiger partial charge is 0.330 e. The zero-order valence-electron chi connectivity index (χ0n) is 10.6. The standard InChI is InChI=1S/C11H20N4O3/c1-14-5-7-15(8-6-14)13-10(18)12-11(9(16)17)3-2-4-11/h2-8H2,1H3,(H,16,17)(H2,12,13,18). The first-order valence-electron chi connectivity index (χ1n) is 6.27. The molecule has 1 heterocycles. The number of likely N-dealkylation sites (N-methyl/N-ethyl adjacent to an activating group) is 1. The van der Waals surface area contributed by atoms with Gasteiger partial charge >= 0.3 is 12.0 Å². The highest BCUT2D eigenvalue weighted by atomic mass is 16.4. The second kappa shape index (κ2) is 5.11. The van der Waals surface area contributed by atoms with Crippen LogP contribution < -0.4 is 10.7 Å². The van der Waals surface area contributed by atoms with Gasteiger partial charge in [0, 0.05) is 26.2 Å². The van der Waals surface area contributed by atoms with E-state index < -0.39 is 17.5 Å². The van der Waals surface area contributed by atoms with Gasteiger partial charge in [-0.25, -0.2) is 14.6 Å². The van der Waals surface area contributed by atoms with Crippen LogP contribution in [0.25, 0.3) is 0 Å². The fraction of sp³-hybridized carbons (Fsp3) is 0.818. The van der Waals surface area contributed by atoms with Crippen LogP contribution in [0, 0.1) is 0 Å². The Balaban J connectivity index is 1.80. The molecule has 2 amide bonds. The summed E-state index contributed by atoms with van der Waals surface area (Å²) >= 11 is 0. The molecule has 0 aromatic heterocycles. The third kappa shape index (κ3) is 2.73. The minimum Gasteiger partial charge on any atom is -0.480 e. The number of urea groups is 1. The van der Waals surface area contributed by atoms with Crippen LogP contribution >= 0.6 is 0 Å². The molecule has 2 rings (SSSR count). The fourth-order valence-electron chi connectivity index (χ4n) is 2.23. The van der Waals surface area contributed by atoms with Crippen LogP contribution in [0.5, 0.6) is 0 Å². The Morgan fingerprint density at radius 1 is 1.17 bits per heavy atom. The van der Waals surface area contributed by atoms with E-state index in [0.717, 1.165) is 32.6 Å². The van der Waals surface area contributed by atoms with Crippen LogP contribution in [-0.4, -0.2) is 65.8 Å². The summed E-state index contributed by atoms with van der Waals surface area (Å²) in [4.78, 5) is 25.1. The second-order valence-corrected chi connectivity index (χ2v) is 5.10. The van der Waals surface area contributed by atoms with Gasteiger partial charge in [0.25, 0.3) is 0 Å². The minimum absolute atomic E-state index is 0.415. The SMILES string of the molecule is CN1CCN(NC(=O)NC2(C(=O)O)CCC2)CC1. The fourth-order valence-corrected chi connectivity index (χ4v) is 2.23. The maximum Gasteiger partial charge on any atom is 0.330 e. The summed E-state index contributed by atoms with van der Waals surface area (Å²) in [6, 6.07) is -0.415. The molecule has 0 spiro atoms. The molecule has 7 nitrogen and oxygen atoms in total. The number of carboxylic acids is 1. The van der Waals surface area contributed by atoms with Crippen molar-refractivity contribution in [2.75, 3.05) is 33.2 Å². The van der Waals surface area contributed by atoms with E-state index >= 15 is 0 Å². The highest BCUT2D eigenvalue weighted by Gasteiger charge is 2.45. The van der Waals surface area contributed by atoms with Crippen molar-refractivity contribution in [3.63, 3.8) is 0 Å². The number of carbonyl (C=O) groups is 2. The van der Waals surface area contributed by atoms with Crippen LogP contribution in [0.15, 0.2) is 0 Å². The summed E-state index contributed by atoms with van der Waals surface area (Å²) in [7, 11) is 2.03. The van der Waals surface area contributed by atoms with Crippen molar-refractivity contribution in [1.82, 2.24) is 20.7 Å². The molecule has 3 N–H and O–H groups in total. The van der Waals surface area contributed by atoms with Gasteiger partial charge in [-0.05, 0) is 26.3 Å². The molecule has 0 aromatic carbocycles. The van der Waals surface area contributed by atoms with Gasteiger partial charge in [0.1, 0.15) is 5.54 Å². The molecule has 1 saturated heterocycles. The molecule has 0 atom stereocenters. The van der Waals surface area contributed by atoms with Gasteiger partial charge in [-0.15, -0.1) is 0 Å². The summed E-state index contributed by atoms with van der Waals surface area (Å²) in [5.74, 6) is -0.942. The third-order valence-electron chi connectivity index (χ3n) is 3.73. The van der Waals surface area contributed by atoms with E-state index in [2.05, 4.69) is 15.6 Å². The Labute approximate surface area is 106 Å². The molecular weight excluding hydrogens is 236 g/mol. The average Bonchev–Trinajstić information content (AvgIpc) is 2.26. The molecule has 1 aliphatic heterocycles. The Morgan fingerprint density at radius 3 is 2.22 bits per heavy atom. The van der Waals surface area contributed by atoms with Gasteiger partial charge in [-0.2, -0.15) is 0 Å². The number of hydrazine groups is 1. The quantitative estimate of drug-likeness (QED) is 0.631. The number of rotatable bonds is 3. The minimum atomic E-state index is -1.04. The Hall–Kier alpha value is -1.34. The predicted octanol–water partition coefficient (Wildman–Crippen LogP) is -0.545. The lowest BCUT2D eigenvalue weighted by atomic mass is 9.77. The van der Waals surface area contributed by atoms with Gasteiger partial charge in [0.15, 0.2) is 0 Å². The van der Waals surface area contributed by atoms with E-state index in [9.17, 15) is 9.59 Å². The van der Waals surface area contributed by atoms with Gasteiger partial charge < -0.3 is 15.3 Å². The lowest BCUT2D eigenvalue weighted by molar-refractivity contribution is -0.148. The molecule has 7 heteroatoms. The first-order chi connectivity index (χ1) is 8.52. The van der Waals surface area contributed by atoms with Gasteiger partial charge in [-0.1, -0.05) is 0 Å². The largest absolute Gasteiger partial charge is 0.480 e. The molecule has 102 valence electrons. The van der Waals surface area contributed by atoms with Crippen LogP contribution in [0.1, 0.15) is 19.3 Å². The van der Waals surface area contributed by atoms with Crippen molar-refractivity contribution in [2.24, 2.45) is 0 Å². The molecule has 2 aliphatic rings. The van der Waals surface area contributed by atoms with E-state index in [1.165, 1.54) is 0 Å². The van der Waals surface area contributed by atoms with Gasteiger partial charge in [0.05, 0.1) is 0 Å². The highest BCUT2D eigenvalue weighted by molar-refractivity contribution is 5.86. The summed E-state index contributed by atoms with van der Waals surface area (Å²) in [6.07, 6.45) is 1.87. The van der Waals surface area contributed by atoms with Crippen molar-refractivity contribution in [3.05, 3.63) is 0 Å². The van der Waals surface area contributed by atoms with E-state index in [0.29, 0.717) is 12.8 Å². The predicted molar refractivity (Wildman–Crippen MR) is 65.0 cm³/mol. The number of hydrogen-bond donors (Lipinski definition) is 3. The molecule has 1 saturated carbocycles. The zero-order chi connectivity index (χ0) is 13.2. The Morgan fingerprint density at radius 2 is 1.78 bits per heavy atom. The maximum absolute atomic E-state index is 11.8. The average molecular weight is 256 g/mol. The molecule has 0 radical (unpaired) electrons. The molecule has 0 unspecified atom stereocenters. The topological polar surface area (TPSA) is 84.9 Å². The number of piperazine rings is 1. The Kier molecular flexibility index (Phi) is 3.72. The van der Waals surface area contributed by atoms with Crippen LogP contribution in [0.3, 0.4) is 0 Å². The third-order valence-corrected chi connectivity index (χ3v) is 3.73. The summed E-state index contributed by atoms with van der Waals surface area (Å²) in [6.45, 7) is 3.29. The molecule has 2 fully saturated rings. The molecule has 0 bridgehead atoms. The van der Waals surface area contributed by atoms with E-state index in [1.54, 1.807) is 0 Å². The van der Waals surface area contributed by atoms with Crippen LogP contribution in [0.4, 0.5) is 4.79 Å². The number of aliphatic carboxylic acids is 1. The van der Waals surface area contributed by atoms with E-state index in [1.807, 2.05) is 12.1 Å². The number of hydrogen-bond acceptors (Lipinski definition) is 4. The monoisotopic (exact) mass is 256 g/mol.